The Labute approximate surface area is 152 Å². The first-order valence-electron chi connectivity index (χ1n) is 7.67. The molecule has 7 nitrogen and oxygen atoms in total. The topological polar surface area (TPSA) is 77.6 Å². The third-order valence-corrected chi connectivity index (χ3v) is 3.81. The van der Waals surface area contributed by atoms with Crippen LogP contribution in [0.2, 0.25) is 5.02 Å². The van der Waals surface area contributed by atoms with E-state index in [4.69, 9.17) is 11.6 Å². The smallest absolute Gasteiger partial charge is 0.282 e. The number of anilines is 1. The highest BCUT2D eigenvalue weighted by Crippen LogP contribution is 2.18. The molecule has 3 rings (SSSR count). The summed E-state index contributed by atoms with van der Waals surface area (Å²) in [7, 11) is 0. The van der Waals surface area contributed by atoms with Crippen molar-refractivity contribution in [2.45, 2.75) is 26.4 Å². The molecule has 0 unspecified atom stereocenters. The van der Waals surface area contributed by atoms with Gasteiger partial charge in [0.15, 0.2) is 0 Å². The zero-order valence-electron chi connectivity index (χ0n) is 13.7. The Bertz CT molecular complexity index is 906. The molecule has 1 aromatic carbocycles. The molecule has 0 spiro atoms. The Morgan fingerprint density at radius 3 is 2.65 bits per heavy atom. The summed E-state index contributed by atoms with van der Waals surface area (Å²) in [5.41, 5.74) is 1.08. The fourth-order valence-electron chi connectivity index (χ4n) is 2.31. The number of carbonyl (C=O) groups is 1. The van der Waals surface area contributed by atoms with E-state index < -0.39 is 12.3 Å². The highest BCUT2D eigenvalue weighted by Gasteiger charge is 2.15. The van der Waals surface area contributed by atoms with Crippen molar-refractivity contribution in [2.75, 3.05) is 5.32 Å². The van der Waals surface area contributed by atoms with Gasteiger partial charge in [-0.05, 0) is 30.7 Å². The van der Waals surface area contributed by atoms with Crippen LogP contribution in [0.4, 0.5) is 14.7 Å². The van der Waals surface area contributed by atoms with E-state index in [1.54, 1.807) is 23.7 Å². The van der Waals surface area contributed by atoms with E-state index in [0.29, 0.717) is 17.3 Å². The van der Waals surface area contributed by atoms with Crippen molar-refractivity contribution in [1.82, 2.24) is 24.5 Å². The number of amides is 1. The average Bonchev–Trinajstić information content (AvgIpc) is 3.17. The Balaban J connectivity index is 1.60. The largest absolute Gasteiger partial charge is 0.292 e. The van der Waals surface area contributed by atoms with Gasteiger partial charge < -0.3 is 0 Å². The zero-order chi connectivity index (χ0) is 18.7. The zero-order valence-corrected chi connectivity index (χ0v) is 14.5. The van der Waals surface area contributed by atoms with Gasteiger partial charge >= 0.3 is 0 Å². The lowest BCUT2D eigenvalue weighted by molar-refractivity contribution is -0.117. The van der Waals surface area contributed by atoms with Crippen molar-refractivity contribution in [3.63, 3.8) is 0 Å². The van der Waals surface area contributed by atoms with Crippen molar-refractivity contribution in [3.8, 4) is 0 Å². The summed E-state index contributed by atoms with van der Waals surface area (Å²) in [5.74, 6) is -0.330. The van der Waals surface area contributed by atoms with E-state index >= 15 is 0 Å². The summed E-state index contributed by atoms with van der Waals surface area (Å²) in [6, 6.07) is 8.52. The highest BCUT2D eigenvalue weighted by molar-refractivity contribution is 6.30. The quantitative estimate of drug-likeness (QED) is 0.713. The molecule has 3 aromatic rings. The van der Waals surface area contributed by atoms with Gasteiger partial charge in [0.2, 0.25) is 11.9 Å². The van der Waals surface area contributed by atoms with Gasteiger partial charge in [-0.2, -0.15) is 5.10 Å². The second-order valence-corrected chi connectivity index (χ2v) is 6.05. The molecule has 2 heterocycles. The summed E-state index contributed by atoms with van der Waals surface area (Å²) in [5, 5.41) is 11.0. The van der Waals surface area contributed by atoms with E-state index in [0.717, 1.165) is 5.56 Å². The van der Waals surface area contributed by atoms with Crippen molar-refractivity contribution in [1.29, 1.82) is 0 Å². The monoisotopic (exact) mass is 380 g/mol. The van der Waals surface area contributed by atoms with Crippen LogP contribution in [0.1, 0.15) is 23.4 Å². The second-order valence-electron chi connectivity index (χ2n) is 5.61. The number of aromatic nitrogens is 5. The van der Waals surface area contributed by atoms with E-state index in [1.165, 1.54) is 17.1 Å². The maximum absolute atomic E-state index is 12.6. The van der Waals surface area contributed by atoms with Crippen molar-refractivity contribution >= 4 is 23.5 Å². The molecule has 0 aliphatic heterocycles. The maximum atomic E-state index is 12.6. The van der Waals surface area contributed by atoms with Gasteiger partial charge in [-0.3, -0.25) is 14.8 Å². The lowest BCUT2D eigenvalue weighted by atomic mass is 10.2. The SMILES string of the molecule is Cc1cc(C(F)F)nn1CC(=O)Nc1ncn(Cc2ccc(Cl)cc2)n1. The standard InChI is InChI=1S/C16H15ClF2N6O/c1-10-6-13(15(18)19)22-25(10)8-14(26)21-16-20-9-24(23-16)7-11-2-4-12(17)5-3-11/h2-6,9,15H,7-8H2,1H3,(H,21,23,26). The molecule has 0 aliphatic carbocycles. The first-order valence-corrected chi connectivity index (χ1v) is 8.05. The number of aryl methyl sites for hydroxylation is 1. The molecule has 26 heavy (non-hydrogen) atoms. The third kappa shape index (κ3) is 4.42. The van der Waals surface area contributed by atoms with Crippen LogP contribution in [0.15, 0.2) is 36.7 Å². The Kier molecular flexibility index (Phi) is 5.27. The van der Waals surface area contributed by atoms with E-state index in [2.05, 4.69) is 20.5 Å². The van der Waals surface area contributed by atoms with Crippen LogP contribution in [0, 0.1) is 6.92 Å². The molecule has 0 radical (unpaired) electrons. The van der Waals surface area contributed by atoms with E-state index in [9.17, 15) is 13.6 Å². The van der Waals surface area contributed by atoms with Gasteiger partial charge in [-0.15, -0.1) is 5.10 Å². The number of nitrogens with zero attached hydrogens (tertiary/aromatic N) is 5. The molecule has 0 saturated carbocycles. The molecule has 1 amide bonds. The van der Waals surface area contributed by atoms with Gasteiger partial charge in [0.1, 0.15) is 18.6 Å². The van der Waals surface area contributed by atoms with Gasteiger partial charge in [0.25, 0.3) is 6.43 Å². The number of benzene rings is 1. The van der Waals surface area contributed by atoms with Gasteiger partial charge in [0.05, 0.1) is 6.54 Å². The minimum absolute atomic E-state index is 0.128. The van der Waals surface area contributed by atoms with Crippen LogP contribution in [-0.4, -0.2) is 30.5 Å². The van der Waals surface area contributed by atoms with Crippen molar-refractivity contribution in [3.05, 3.63) is 58.6 Å². The number of carbonyl (C=O) groups excluding carboxylic acids is 1. The fourth-order valence-corrected chi connectivity index (χ4v) is 2.43. The number of hydrogen-bond acceptors (Lipinski definition) is 4. The second kappa shape index (κ2) is 7.61. The first kappa shape index (κ1) is 18.0. The summed E-state index contributed by atoms with van der Waals surface area (Å²) >= 11 is 5.84. The fraction of sp³-hybridized carbons (Fsp3) is 0.250. The molecule has 2 aromatic heterocycles. The summed E-state index contributed by atoms with van der Waals surface area (Å²) in [6.45, 7) is 1.87. The molecule has 0 aliphatic rings. The molecule has 0 bridgehead atoms. The average molecular weight is 381 g/mol. The van der Waals surface area contributed by atoms with Gasteiger partial charge in [-0.25, -0.2) is 18.4 Å². The number of nitrogens with one attached hydrogen (secondary N) is 1. The molecule has 10 heteroatoms. The Morgan fingerprint density at radius 1 is 1.27 bits per heavy atom. The van der Waals surface area contributed by atoms with Gasteiger partial charge in [-0.1, -0.05) is 23.7 Å². The van der Waals surface area contributed by atoms with Crippen LogP contribution in [0.5, 0.6) is 0 Å². The number of rotatable bonds is 6. The van der Waals surface area contributed by atoms with Crippen LogP contribution in [0.25, 0.3) is 0 Å². The molecular formula is C16H15ClF2N6O. The number of alkyl halides is 2. The predicted octanol–water partition coefficient (Wildman–Crippen LogP) is 3.06. The normalized spacial score (nSPS) is 11.1. The summed E-state index contributed by atoms with van der Waals surface area (Å²) in [4.78, 5) is 16.1. The minimum Gasteiger partial charge on any atom is -0.292 e. The lowest BCUT2D eigenvalue weighted by Gasteiger charge is -2.04. The minimum atomic E-state index is -2.68. The van der Waals surface area contributed by atoms with Crippen molar-refractivity contribution < 1.29 is 13.6 Å². The van der Waals surface area contributed by atoms with Crippen LogP contribution < -0.4 is 5.32 Å². The first-order chi connectivity index (χ1) is 12.4. The van der Waals surface area contributed by atoms with Gasteiger partial charge in [0, 0.05) is 10.7 Å². The predicted molar refractivity (Wildman–Crippen MR) is 91.1 cm³/mol. The molecule has 0 fully saturated rings. The van der Waals surface area contributed by atoms with E-state index in [-0.39, 0.29) is 18.2 Å². The van der Waals surface area contributed by atoms with Crippen LogP contribution in [-0.2, 0) is 17.9 Å². The third-order valence-electron chi connectivity index (χ3n) is 3.56. The van der Waals surface area contributed by atoms with E-state index in [1.807, 2.05) is 12.1 Å². The molecular weight excluding hydrogens is 366 g/mol. The Morgan fingerprint density at radius 2 is 2.00 bits per heavy atom. The molecule has 0 saturated heterocycles. The number of hydrogen-bond donors (Lipinski definition) is 1. The summed E-state index contributed by atoms with van der Waals surface area (Å²) in [6.07, 6.45) is -1.19. The summed E-state index contributed by atoms with van der Waals surface area (Å²) < 4.78 is 28.1. The number of halogens is 3. The van der Waals surface area contributed by atoms with Crippen molar-refractivity contribution in [2.24, 2.45) is 0 Å². The van der Waals surface area contributed by atoms with Crippen LogP contribution in [0.3, 0.4) is 0 Å². The highest BCUT2D eigenvalue weighted by atomic mass is 35.5. The molecule has 1 N–H and O–H groups in total. The maximum Gasteiger partial charge on any atom is 0.282 e. The molecule has 136 valence electrons. The van der Waals surface area contributed by atoms with Crippen LogP contribution >= 0.6 is 11.6 Å². The Hall–Kier alpha value is -2.81. The molecule has 0 atom stereocenters. The lowest BCUT2D eigenvalue weighted by Crippen LogP contribution is -2.21.